The van der Waals surface area contributed by atoms with Crippen LogP contribution in [0.5, 0.6) is 5.75 Å². The van der Waals surface area contributed by atoms with Gasteiger partial charge in [-0.15, -0.1) is 0 Å². The fourth-order valence-electron chi connectivity index (χ4n) is 3.74. The van der Waals surface area contributed by atoms with Crippen molar-refractivity contribution in [1.29, 1.82) is 0 Å². The van der Waals surface area contributed by atoms with E-state index in [4.69, 9.17) is 9.26 Å². The second-order valence-corrected chi connectivity index (χ2v) is 7.03. The summed E-state index contributed by atoms with van der Waals surface area (Å²) in [5.74, 6) is 1.09. The van der Waals surface area contributed by atoms with E-state index < -0.39 is 0 Å². The Morgan fingerprint density at radius 1 is 1.24 bits per heavy atom. The number of benzene rings is 1. The number of hydrogen-bond donors (Lipinski definition) is 1. The van der Waals surface area contributed by atoms with E-state index in [1.54, 1.807) is 25.6 Å². The second-order valence-electron chi connectivity index (χ2n) is 7.03. The first kappa shape index (κ1) is 19.1. The van der Waals surface area contributed by atoms with E-state index in [0.29, 0.717) is 12.3 Å². The van der Waals surface area contributed by atoms with Gasteiger partial charge < -0.3 is 14.6 Å². The highest BCUT2D eigenvalue weighted by Crippen LogP contribution is 2.31. The minimum atomic E-state index is -0.261. The zero-order valence-corrected chi connectivity index (χ0v) is 16.4. The van der Waals surface area contributed by atoms with Crippen molar-refractivity contribution in [3.05, 3.63) is 66.1 Å². The molecule has 1 amide bonds. The van der Waals surface area contributed by atoms with E-state index in [0.717, 1.165) is 42.8 Å². The largest absolute Gasteiger partial charge is 0.496 e. The number of hydrogen-bond acceptors (Lipinski definition) is 6. The topological polar surface area (TPSA) is 80.5 Å². The first-order valence-electron chi connectivity index (χ1n) is 9.78. The number of nitrogens with zero attached hydrogens (tertiary/aromatic N) is 3. The predicted molar refractivity (Wildman–Crippen MR) is 109 cm³/mol. The molecule has 3 aromatic rings. The van der Waals surface area contributed by atoms with Crippen LogP contribution in [0.4, 0.5) is 0 Å². The molecule has 0 bridgehead atoms. The molecule has 1 atom stereocenters. The van der Waals surface area contributed by atoms with Crippen LogP contribution in [0.25, 0.3) is 11.3 Å². The zero-order chi connectivity index (χ0) is 20.1. The van der Waals surface area contributed by atoms with Gasteiger partial charge in [0.2, 0.25) is 0 Å². The van der Waals surface area contributed by atoms with Crippen LogP contribution >= 0.6 is 0 Å². The summed E-state index contributed by atoms with van der Waals surface area (Å²) in [6.45, 7) is 2.48. The number of carbonyl (C=O) groups is 1. The molecule has 150 valence electrons. The minimum Gasteiger partial charge on any atom is -0.496 e. The predicted octanol–water partition coefficient (Wildman–Crippen LogP) is 3.31. The summed E-state index contributed by atoms with van der Waals surface area (Å²) < 4.78 is 10.9. The van der Waals surface area contributed by atoms with Crippen molar-refractivity contribution in [2.45, 2.75) is 18.9 Å². The molecule has 1 fully saturated rings. The van der Waals surface area contributed by atoms with E-state index in [-0.39, 0.29) is 17.6 Å². The maximum atomic E-state index is 12.7. The van der Waals surface area contributed by atoms with Crippen LogP contribution in [0, 0.1) is 0 Å². The maximum Gasteiger partial charge on any atom is 0.273 e. The van der Waals surface area contributed by atoms with Crippen LogP contribution in [0.2, 0.25) is 0 Å². The molecular formula is C22H24N4O3. The third-order valence-corrected chi connectivity index (χ3v) is 5.22. The van der Waals surface area contributed by atoms with Gasteiger partial charge >= 0.3 is 0 Å². The second kappa shape index (κ2) is 8.87. The Hall–Kier alpha value is -3.19. The number of para-hydroxylation sites is 1. The number of pyridine rings is 1. The zero-order valence-electron chi connectivity index (χ0n) is 16.4. The number of likely N-dealkylation sites (tertiary alicyclic amines) is 1. The molecular weight excluding hydrogens is 368 g/mol. The lowest BCUT2D eigenvalue weighted by atomic mass is 10.0. The molecule has 1 N–H and O–H groups in total. The molecule has 3 heterocycles. The van der Waals surface area contributed by atoms with E-state index in [9.17, 15) is 4.79 Å². The number of aromatic nitrogens is 2. The molecule has 2 aromatic heterocycles. The number of amides is 1. The van der Waals surface area contributed by atoms with Crippen molar-refractivity contribution in [1.82, 2.24) is 20.4 Å². The highest BCUT2D eigenvalue weighted by molar-refractivity contribution is 5.93. The summed E-state index contributed by atoms with van der Waals surface area (Å²) in [5, 5.41) is 6.94. The highest BCUT2D eigenvalue weighted by atomic mass is 16.5. The normalized spacial score (nSPS) is 15.2. The van der Waals surface area contributed by atoms with Crippen molar-refractivity contribution in [2.75, 3.05) is 26.7 Å². The first-order valence-corrected chi connectivity index (χ1v) is 9.78. The standard InChI is InChI=1S/C22H24N4O3/c1-28-20-9-3-2-8-17(20)19(26-11-4-5-12-26)15-24-22(27)18-13-21(29-25-18)16-7-6-10-23-14-16/h2-3,6-10,13-14,19H,4-5,11-12,15H2,1H3,(H,24,27). The van der Waals surface area contributed by atoms with Gasteiger partial charge in [0.05, 0.1) is 13.2 Å². The SMILES string of the molecule is COc1ccccc1C(CNC(=O)c1cc(-c2cccnc2)on1)N1CCCC1. The highest BCUT2D eigenvalue weighted by Gasteiger charge is 2.27. The molecule has 29 heavy (non-hydrogen) atoms. The van der Waals surface area contributed by atoms with Crippen LogP contribution in [-0.2, 0) is 0 Å². The van der Waals surface area contributed by atoms with Gasteiger partial charge in [-0.05, 0) is 44.1 Å². The smallest absolute Gasteiger partial charge is 0.273 e. The molecule has 0 radical (unpaired) electrons. The van der Waals surface area contributed by atoms with Crippen molar-refractivity contribution in [3.8, 4) is 17.1 Å². The quantitative estimate of drug-likeness (QED) is 0.664. The third-order valence-electron chi connectivity index (χ3n) is 5.22. The number of methoxy groups -OCH3 is 1. The summed E-state index contributed by atoms with van der Waals surface area (Å²) in [4.78, 5) is 19.1. The molecule has 4 rings (SSSR count). The molecule has 1 aliphatic rings. The molecule has 1 saturated heterocycles. The Balaban J connectivity index is 1.49. The van der Waals surface area contributed by atoms with Gasteiger partial charge in [0, 0.05) is 36.1 Å². The third kappa shape index (κ3) is 4.30. The number of ether oxygens (including phenoxy) is 1. The molecule has 7 nitrogen and oxygen atoms in total. The fraction of sp³-hybridized carbons (Fsp3) is 0.318. The van der Waals surface area contributed by atoms with Gasteiger partial charge in [-0.25, -0.2) is 0 Å². The molecule has 0 saturated carbocycles. The summed E-state index contributed by atoms with van der Waals surface area (Å²) in [7, 11) is 1.67. The van der Waals surface area contributed by atoms with Gasteiger partial charge in [-0.2, -0.15) is 0 Å². The maximum absolute atomic E-state index is 12.7. The van der Waals surface area contributed by atoms with E-state index in [2.05, 4.69) is 26.4 Å². The van der Waals surface area contributed by atoms with E-state index >= 15 is 0 Å². The van der Waals surface area contributed by atoms with Gasteiger partial charge in [0.15, 0.2) is 11.5 Å². The lowest BCUT2D eigenvalue weighted by Crippen LogP contribution is -2.37. The molecule has 1 aliphatic heterocycles. The first-order chi connectivity index (χ1) is 14.3. The van der Waals surface area contributed by atoms with Crippen LogP contribution in [0.15, 0.2) is 59.4 Å². The van der Waals surface area contributed by atoms with Crippen LogP contribution in [0.3, 0.4) is 0 Å². The number of rotatable bonds is 7. The minimum absolute atomic E-state index is 0.0438. The lowest BCUT2D eigenvalue weighted by molar-refractivity contribution is 0.0928. The van der Waals surface area contributed by atoms with Crippen molar-refractivity contribution < 1.29 is 14.1 Å². The average Bonchev–Trinajstić information content (AvgIpc) is 3.47. The number of carbonyl (C=O) groups excluding carboxylic acids is 1. The van der Waals surface area contributed by atoms with Gasteiger partial charge in [0.1, 0.15) is 5.75 Å². The average molecular weight is 392 g/mol. The summed E-state index contributed by atoms with van der Waals surface area (Å²) in [6.07, 6.45) is 5.69. The number of nitrogens with one attached hydrogen (secondary N) is 1. The Morgan fingerprint density at radius 3 is 2.83 bits per heavy atom. The van der Waals surface area contributed by atoms with Crippen LogP contribution in [0.1, 0.15) is 34.9 Å². The summed E-state index contributed by atoms with van der Waals surface area (Å²) in [6, 6.07) is 13.3. The van der Waals surface area contributed by atoms with Gasteiger partial charge in [-0.3, -0.25) is 14.7 Å². The molecule has 1 unspecified atom stereocenters. The Morgan fingerprint density at radius 2 is 2.07 bits per heavy atom. The Bertz CT molecular complexity index is 951. The Labute approximate surface area is 169 Å². The van der Waals surface area contributed by atoms with E-state index in [1.165, 1.54) is 0 Å². The lowest BCUT2D eigenvalue weighted by Gasteiger charge is -2.29. The van der Waals surface area contributed by atoms with Crippen LogP contribution in [-0.4, -0.2) is 47.7 Å². The molecule has 7 heteroatoms. The van der Waals surface area contributed by atoms with Gasteiger partial charge in [0.25, 0.3) is 5.91 Å². The van der Waals surface area contributed by atoms with Gasteiger partial charge in [-0.1, -0.05) is 23.4 Å². The molecule has 0 aliphatic carbocycles. The van der Waals surface area contributed by atoms with Crippen molar-refractivity contribution in [2.24, 2.45) is 0 Å². The monoisotopic (exact) mass is 392 g/mol. The summed E-state index contributed by atoms with van der Waals surface area (Å²) >= 11 is 0. The Kier molecular flexibility index (Phi) is 5.86. The molecule has 1 aromatic carbocycles. The summed E-state index contributed by atoms with van der Waals surface area (Å²) in [5.41, 5.74) is 2.11. The van der Waals surface area contributed by atoms with E-state index in [1.807, 2.05) is 30.3 Å². The fourth-order valence-corrected chi connectivity index (χ4v) is 3.74. The molecule has 0 spiro atoms. The van der Waals surface area contributed by atoms with Crippen LogP contribution < -0.4 is 10.1 Å². The van der Waals surface area contributed by atoms with Crippen molar-refractivity contribution in [3.63, 3.8) is 0 Å². The van der Waals surface area contributed by atoms with Crippen molar-refractivity contribution >= 4 is 5.91 Å².